The smallest absolute Gasteiger partial charge is 0.416 e. The maximum Gasteiger partial charge on any atom is 0.416 e. The quantitative estimate of drug-likeness (QED) is 0.0798. The average molecular weight is 959 g/mol. The lowest BCUT2D eigenvalue weighted by Gasteiger charge is -2.68. The molecule has 2 unspecified atom stereocenters. The lowest BCUT2D eigenvalue weighted by atomic mass is 9.73. The summed E-state index contributed by atoms with van der Waals surface area (Å²) in [5.74, 6) is -46.2. The van der Waals surface area contributed by atoms with Crippen LogP contribution in [0.3, 0.4) is 0 Å². The molecule has 65 heavy (non-hydrogen) atoms. The van der Waals surface area contributed by atoms with Gasteiger partial charge in [-0.25, -0.2) is 19.0 Å². The molecule has 2 aromatic carbocycles. The number of hydrogen-bond donors (Lipinski definition) is 17. The largest absolute Gasteiger partial charge is 0.507 e. The lowest BCUT2D eigenvalue weighted by Crippen LogP contribution is -2.98. The highest BCUT2D eigenvalue weighted by Crippen LogP contribution is 2.60. The summed E-state index contributed by atoms with van der Waals surface area (Å²) in [4.78, 5) is 22.5. The van der Waals surface area contributed by atoms with Crippen LogP contribution >= 0.6 is 0 Å². The van der Waals surface area contributed by atoms with Gasteiger partial charge in [0.2, 0.25) is 17.4 Å². The molecule has 0 aromatic heterocycles. The Labute approximate surface area is 359 Å². The topological polar surface area (TPSA) is 391 Å². The third kappa shape index (κ3) is 6.57. The molecule has 2 heterocycles. The zero-order valence-electron chi connectivity index (χ0n) is 34.9. The summed E-state index contributed by atoms with van der Waals surface area (Å²) in [6.45, 7) is 4.13. The van der Waals surface area contributed by atoms with E-state index in [0.29, 0.717) is 55.5 Å². The number of piperazine rings is 1. The van der Waals surface area contributed by atoms with Gasteiger partial charge in [0.15, 0.2) is 11.6 Å². The number of likely N-dealkylation sites (tertiary alicyclic amines) is 1. The predicted octanol–water partition coefficient (Wildman–Crippen LogP) is -3.65. The Morgan fingerprint density at radius 2 is 0.923 bits per heavy atom. The van der Waals surface area contributed by atoms with Crippen LogP contribution in [0.4, 0.5) is 35.5 Å². The van der Waals surface area contributed by atoms with Crippen molar-refractivity contribution in [3.8, 4) is 11.5 Å². The number of phenols is 2. The summed E-state index contributed by atoms with van der Waals surface area (Å²) in [5, 5.41) is 193. The van der Waals surface area contributed by atoms with Crippen molar-refractivity contribution in [3.05, 3.63) is 55.9 Å². The van der Waals surface area contributed by atoms with Crippen molar-refractivity contribution in [1.82, 2.24) is 19.6 Å². The van der Waals surface area contributed by atoms with Crippen LogP contribution in [0.1, 0.15) is 70.8 Å². The summed E-state index contributed by atoms with van der Waals surface area (Å²) < 4.78 is 102. The van der Waals surface area contributed by atoms with Crippen molar-refractivity contribution in [3.63, 3.8) is 0 Å². The molecule has 23 nitrogen and oxygen atoms in total. The molecule has 30 heteroatoms. The van der Waals surface area contributed by atoms with Crippen molar-refractivity contribution in [2.75, 3.05) is 7.05 Å². The third-order valence-electron chi connectivity index (χ3n) is 12.1. The second kappa shape index (κ2) is 14.6. The van der Waals surface area contributed by atoms with Gasteiger partial charge in [-0.3, -0.25) is 4.79 Å². The number of nitrogens with zero attached hydrogens (tertiary/aromatic N) is 4. The Bertz CT molecular complexity index is 2250. The van der Waals surface area contributed by atoms with Gasteiger partial charge in [-0.1, -0.05) is 0 Å². The second-order valence-electron chi connectivity index (χ2n) is 16.3. The summed E-state index contributed by atoms with van der Waals surface area (Å²) in [6.07, 6.45) is -11.2. The molecule has 368 valence electrons. The van der Waals surface area contributed by atoms with Gasteiger partial charge < -0.3 is 91.7 Å². The predicted molar refractivity (Wildman–Crippen MR) is 190 cm³/mol. The Kier molecular flexibility index (Phi) is 11.9. The first-order valence-electron chi connectivity index (χ1n) is 18.1. The molecule has 4 rings (SSSR count). The van der Waals surface area contributed by atoms with Crippen LogP contribution in [-0.2, 0) is 28.4 Å². The molecule has 0 aliphatic carbocycles. The number of urea groups is 1. The number of rotatable bonds is 4. The van der Waals surface area contributed by atoms with Gasteiger partial charge in [0.1, 0.15) is 11.8 Å². The summed E-state index contributed by atoms with van der Waals surface area (Å²) in [5.41, 5.74) is -21.3. The molecule has 2 saturated heterocycles. The summed E-state index contributed by atoms with van der Waals surface area (Å²) in [7, 11) is 0.384. The average Bonchev–Trinajstić information content (AvgIpc) is 3.08. The van der Waals surface area contributed by atoms with E-state index in [0.717, 1.165) is 0 Å². The minimum atomic E-state index is -5.65. The zero-order chi connectivity index (χ0) is 51.5. The molecule has 3 amide bonds. The van der Waals surface area contributed by atoms with Gasteiger partial charge in [0, 0.05) is 25.1 Å². The molecular formula is C35H45F7N4O19. The highest BCUT2D eigenvalue weighted by atomic mass is 19.4. The lowest BCUT2D eigenvalue weighted by molar-refractivity contribution is -0.629. The van der Waals surface area contributed by atoms with E-state index in [1.54, 1.807) is 0 Å². The van der Waals surface area contributed by atoms with Gasteiger partial charge in [0.05, 0.1) is 22.2 Å². The highest BCUT2D eigenvalue weighted by Gasteiger charge is 2.88. The van der Waals surface area contributed by atoms with Crippen LogP contribution in [0.5, 0.6) is 11.5 Å². The van der Waals surface area contributed by atoms with E-state index in [1.165, 1.54) is 0 Å². The molecule has 2 fully saturated rings. The Morgan fingerprint density at radius 3 is 1.28 bits per heavy atom. The van der Waals surface area contributed by atoms with E-state index < -0.39 is 165 Å². The number of amides is 3. The normalized spacial score (nSPS) is 24.8. The molecule has 0 saturated carbocycles. The van der Waals surface area contributed by atoms with E-state index in [1.807, 2.05) is 0 Å². The molecule has 2 aliphatic heterocycles. The van der Waals surface area contributed by atoms with E-state index in [2.05, 4.69) is 0 Å². The number of carbonyl (C=O) groups excluding carboxylic acids is 2. The maximum absolute atomic E-state index is 15.2. The van der Waals surface area contributed by atoms with Gasteiger partial charge in [-0.2, -0.15) is 31.2 Å². The molecule has 2 aromatic rings. The SMILES string of the molecule is CC(=O)N1C(O)(O)C(O)(O)N(C2C(O)(O)C(O)(O)N(C(=O)N(C)C(C)(C)c3c(C)c(C(F)(F)F)c(C)c(C(F)(F)F)c3C)C(O)(c3c(C)c(O)c(F)c(C)c3O)C2(O)O)C(O)(O)C1(O)O. The minimum absolute atomic E-state index is 0.130. The second-order valence-corrected chi connectivity index (χ2v) is 16.3. The standard InChI is InChI=1S/C35H45F7N4O19/c1-10-16(11(2)18(30(40,41)42)12(3)17(10)29(37,38)39)25(7,8)43(9)24(50)46-26(51,19-13(4)22(49)20(36)14(5)21(19)48)27(52,53)23(28(54,55)31(46,56)57)45-34(62,63)32(58,59)44(15(6)47)33(60,61)35(45,64)65/h23,48-49,51-65H,1-9H3. The van der Waals surface area contributed by atoms with E-state index in [4.69, 9.17) is 0 Å². The van der Waals surface area contributed by atoms with E-state index >= 15 is 4.39 Å². The monoisotopic (exact) mass is 958 g/mol. The number of phenolic OH excluding ortho intramolecular Hbond substituents is 2. The zero-order valence-corrected chi connectivity index (χ0v) is 34.9. The van der Waals surface area contributed by atoms with Crippen LogP contribution in [0.15, 0.2) is 0 Å². The number of hydrogen-bond acceptors (Lipinski definition) is 20. The molecule has 0 radical (unpaired) electrons. The first kappa shape index (κ1) is 53.3. The van der Waals surface area contributed by atoms with Gasteiger partial charge in [0.25, 0.3) is 5.79 Å². The molecule has 0 bridgehead atoms. The number of piperidine rings is 1. The van der Waals surface area contributed by atoms with Crippen molar-refractivity contribution >= 4 is 11.9 Å². The van der Waals surface area contributed by atoms with Crippen LogP contribution in [-0.4, -0.2) is 173 Å². The van der Waals surface area contributed by atoms with Crippen LogP contribution in [0, 0.1) is 40.4 Å². The number of aliphatic hydroxyl groups is 15. The van der Waals surface area contributed by atoms with Crippen LogP contribution in [0.25, 0.3) is 0 Å². The minimum Gasteiger partial charge on any atom is -0.507 e. The highest BCUT2D eigenvalue weighted by molar-refractivity contribution is 5.79. The molecule has 2 atom stereocenters. The maximum atomic E-state index is 15.2. The summed E-state index contributed by atoms with van der Waals surface area (Å²) >= 11 is 0. The van der Waals surface area contributed by atoms with Gasteiger partial charge in [-0.05, 0) is 70.7 Å². The Morgan fingerprint density at radius 1 is 0.554 bits per heavy atom. The Hall–Kier alpha value is -4.35. The molecule has 0 spiro atoms. The fourth-order valence-electron chi connectivity index (χ4n) is 8.89. The molecule has 2 aliphatic rings. The Balaban J connectivity index is 2.27. The van der Waals surface area contributed by atoms with Crippen molar-refractivity contribution in [1.29, 1.82) is 0 Å². The number of carbonyl (C=O) groups is 2. The van der Waals surface area contributed by atoms with Crippen LogP contribution < -0.4 is 0 Å². The third-order valence-corrected chi connectivity index (χ3v) is 12.1. The molecule has 17 N–H and O–H groups in total. The summed E-state index contributed by atoms with van der Waals surface area (Å²) in [6, 6.07) is -7.44. The molecular weight excluding hydrogens is 913 g/mol. The van der Waals surface area contributed by atoms with Gasteiger partial charge >= 0.3 is 47.9 Å². The van der Waals surface area contributed by atoms with E-state index in [9.17, 15) is 123 Å². The fourth-order valence-corrected chi connectivity index (χ4v) is 8.89. The first-order chi connectivity index (χ1) is 28.5. The number of benzene rings is 2. The van der Waals surface area contributed by atoms with Crippen molar-refractivity contribution in [2.24, 2.45) is 0 Å². The van der Waals surface area contributed by atoms with E-state index in [-0.39, 0.29) is 11.8 Å². The van der Waals surface area contributed by atoms with Gasteiger partial charge in [-0.15, -0.1) is 0 Å². The number of halogens is 7. The fraction of sp³-hybridized carbons (Fsp3) is 0.600. The van der Waals surface area contributed by atoms with Crippen molar-refractivity contribution < 1.29 is 127 Å². The van der Waals surface area contributed by atoms with Crippen LogP contribution in [0.2, 0.25) is 0 Å². The number of aromatic hydroxyl groups is 2. The van der Waals surface area contributed by atoms with Crippen molar-refractivity contribution in [2.45, 2.75) is 126 Å². The first-order valence-corrected chi connectivity index (χ1v) is 18.1. The number of alkyl halides is 6.